The molecule has 17 heavy (non-hydrogen) atoms. The van der Waals surface area contributed by atoms with Gasteiger partial charge in [-0.25, -0.2) is 13.2 Å². The van der Waals surface area contributed by atoms with E-state index in [1.54, 1.807) is 0 Å². The van der Waals surface area contributed by atoms with Crippen LogP contribution in [0.3, 0.4) is 0 Å². The summed E-state index contributed by atoms with van der Waals surface area (Å²) < 4.78 is 43.9. The van der Waals surface area contributed by atoms with E-state index in [1.165, 1.54) is 6.92 Å². The minimum Gasteiger partial charge on any atom is -0.385 e. The van der Waals surface area contributed by atoms with Crippen molar-refractivity contribution >= 4 is 0 Å². The van der Waals surface area contributed by atoms with Gasteiger partial charge in [-0.2, -0.15) is 4.98 Å². The van der Waals surface area contributed by atoms with Gasteiger partial charge < -0.3 is 9.63 Å². The fourth-order valence-electron chi connectivity index (χ4n) is 1.25. The molecule has 1 N–H and O–H groups in total. The first kappa shape index (κ1) is 11.6. The Kier molecular flexibility index (Phi) is 2.84. The molecule has 0 aliphatic rings. The summed E-state index contributed by atoms with van der Waals surface area (Å²) in [5, 5.41) is 12.5. The van der Waals surface area contributed by atoms with Gasteiger partial charge in [0.15, 0.2) is 5.82 Å². The maximum atomic E-state index is 13.3. The largest absolute Gasteiger partial charge is 0.385 e. The second kappa shape index (κ2) is 4.17. The van der Waals surface area contributed by atoms with Crippen LogP contribution in [-0.4, -0.2) is 15.2 Å². The van der Waals surface area contributed by atoms with Crippen LogP contribution < -0.4 is 0 Å². The number of hydrogen-bond acceptors (Lipinski definition) is 4. The Morgan fingerprint density at radius 2 is 1.82 bits per heavy atom. The quantitative estimate of drug-likeness (QED) is 0.879. The topological polar surface area (TPSA) is 59.2 Å². The van der Waals surface area contributed by atoms with Crippen molar-refractivity contribution in [1.82, 2.24) is 10.1 Å². The zero-order valence-electron chi connectivity index (χ0n) is 8.62. The first-order chi connectivity index (χ1) is 7.99. The summed E-state index contributed by atoms with van der Waals surface area (Å²) in [4.78, 5) is 3.60. The van der Waals surface area contributed by atoms with Gasteiger partial charge >= 0.3 is 0 Å². The predicted octanol–water partition coefficient (Wildman–Crippen LogP) is 2.21. The Morgan fingerprint density at radius 3 is 2.29 bits per heavy atom. The molecule has 0 spiro atoms. The Bertz CT molecular complexity index is 531. The lowest BCUT2D eigenvalue weighted by Crippen LogP contribution is -1.95. The molecule has 7 heteroatoms. The number of halogens is 3. The molecule has 1 heterocycles. The van der Waals surface area contributed by atoms with Crippen LogP contribution in [0.2, 0.25) is 0 Å². The number of nitrogens with zero attached hydrogens (tertiary/aromatic N) is 2. The summed E-state index contributed by atoms with van der Waals surface area (Å²) in [6.07, 6.45) is -1.03. The highest BCUT2D eigenvalue weighted by molar-refractivity contribution is 5.54. The number of rotatable bonds is 2. The van der Waals surface area contributed by atoms with E-state index in [1.807, 2.05) is 0 Å². The Balaban J connectivity index is 2.52. The van der Waals surface area contributed by atoms with Gasteiger partial charge in [-0.1, -0.05) is 5.16 Å². The summed E-state index contributed by atoms with van der Waals surface area (Å²) in [5.41, 5.74) is -0.620. The fourth-order valence-corrected chi connectivity index (χ4v) is 1.25. The molecule has 1 aromatic carbocycles. The Labute approximate surface area is 93.7 Å². The molecule has 0 saturated carbocycles. The SMILES string of the molecule is CC(O)c1noc(-c2c(F)cc(F)cc2F)n1. The van der Waals surface area contributed by atoms with Gasteiger partial charge in [0.25, 0.3) is 5.89 Å². The number of aliphatic hydroxyl groups is 1. The van der Waals surface area contributed by atoms with Gasteiger partial charge in [0.05, 0.1) is 0 Å². The van der Waals surface area contributed by atoms with Gasteiger partial charge in [-0.3, -0.25) is 0 Å². The van der Waals surface area contributed by atoms with E-state index in [2.05, 4.69) is 14.7 Å². The van der Waals surface area contributed by atoms with E-state index in [-0.39, 0.29) is 5.82 Å². The molecular formula is C10H7F3N2O2. The summed E-state index contributed by atoms with van der Waals surface area (Å²) in [6, 6.07) is 1.01. The van der Waals surface area contributed by atoms with Gasteiger partial charge in [0.2, 0.25) is 0 Å². The minimum atomic E-state index is -1.15. The van der Waals surface area contributed by atoms with Crippen LogP contribution in [-0.2, 0) is 0 Å². The van der Waals surface area contributed by atoms with E-state index in [0.29, 0.717) is 12.1 Å². The lowest BCUT2D eigenvalue weighted by molar-refractivity contribution is 0.184. The highest BCUT2D eigenvalue weighted by Gasteiger charge is 2.20. The van der Waals surface area contributed by atoms with E-state index >= 15 is 0 Å². The summed E-state index contributed by atoms with van der Waals surface area (Å²) in [5.74, 6) is -3.90. The normalized spacial score (nSPS) is 12.8. The van der Waals surface area contributed by atoms with Gasteiger partial charge in [-0.15, -0.1) is 0 Å². The molecule has 4 nitrogen and oxygen atoms in total. The van der Waals surface area contributed by atoms with Crippen LogP contribution in [0.15, 0.2) is 16.7 Å². The predicted molar refractivity (Wildman–Crippen MR) is 50.2 cm³/mol. The molecule has 1 atom stereocenters. The van der Waals surface area contributed by atoms with Crippen molar-refractivity contribution < 1.29 is 22.8 Å². The molecule has 2 rings (SSSR count). The van der Waals surface area contributed by atoms with Crippen LogP contribution in [0.5, 0.6) is 0 Å². The molecular weight excluding hydrogens is 237 g/mol. The van der Waals surface area contributed by atoms with E-state index in [4.69, 9.17) is 5.11 Å². The first-order valence-electron chi connectivity index (χ1n) is 4.65. The van der Waals surface area contributed by atoms with E-state index < -0.39 is 35.0 Å². The summed E-state index contributed by atoms with van der Waals surface area (Å²) in [7, 11) is 0. The van der Waals surface area contributed by atoms with E-state index in [0.717, 1.165) is 0 Å². The molecule has 1 aromatic heterocycles. The minimum absolute atomic E-state index is 0.108. The molecule has 0 saturated heterocycles. The zero-order valence-corrected chi connectivity index (χ0v) is 8.62. The van der Waals surface area contributed by atoms with Crippen molar-refractivity contribution in [3.05, 3.63) is 35.4 Å². The molecule has 0 aliphatic heterocycles. The van der Waals surface area contributed by atoms with Crippen molar-refractivity contribution in [2.24, 2.45) is 0 Å². The molecule has 0 bridgehead atoms. The maximum absolute atomic E-state index is 13.3. The van der Waals surface area contributed by atoms with Crippen molar-refractivity contribution in [2.75, 3.05) is 0 Å². The summed E-state index contributed by atoms with van der Waals surface area (Å²) in [6.45, 7) is 1.37. The maximum Gasteiger partial charge on any atom is 0.263 e. The van der Waals surface area contributed by atoms with Crippen LogP contribution in [0, 0.1) is 17.5 Å². The fraction of sp³-hybridized carbons (Fsp3) is 0.200. The molecule has 0 radical (unpaired) electrons. The Morgan fingerprint density at radius 1 is 1.24 bits per heavy atom. The molecule has 1 unspecified atom stereocenters. The molecule has 90 valence electrons. The third kappa shape index (κ3) is 2.14. The average molecular weight is 244 g/mol. The molecule has 0 fully saturated rings. The van der Waals surface area contributed by atoms with Gasteiger partial charge in [0, 0.05) is 12.1 Å². The van der Waals surface area contributed by atoms with Crippen molar-refractivity contribution in [1.29, 1.82) is 0 Å². The first-order valence-corrected chi connectivity index (χ1v) is 4.65. The average Bonchev–Trinajstić information content (AvgIpc) is 2.65. The van der Waals surface area contributed by atoms with Gasteiger partial charge in [0.1, 0.15) is 29.1 Å². The number of hydrogen-bond donors (Lipinski definition) is 1. The smallest absolute Gasteiger partial charge is 0.263 e. The van der Waals surface area contributed by atoms with Crippen LogP contribution in [0.25, 0.3) is 11.5 Å². The van der Waals surface area contributed by atoms with Crippen LogP contribution in [0.4, 0.5) is 13.2 Å². The zero-order chi connectivity index (χ0) is 12.6. The van der Waals surface area contributed by atoms with Crippen molar-refractivity contribution in [3.63, 3.8) is 0 Å². The number of benzene rings is 1. The monoisotopic (exact) mass is 244 g/mol. The third-order valence-electron chi connectivity index (χ3n) is 2.04. The second-order valence-corrected chi connectivity index (χ2v) is 3.38. The van der Waals surface area contributed by atoms with Crippen molar-refractivity contribution in [2.45, 2.75) is 13.0 Å². The van der Waals surface area contributed by atoms with Crippen molar-refractivity contribution in [3.8, 4) is 11.5 Å². The summed E-state index contributed by atoms with van der Waals surface area (Å²) >= 11 is 0. The molecule has 2 aromatic rings. The number of aromatic nitrogens is 2. The van der Waals surface area contributed by atoms with Crippen LogP contribution >= 0.6 is 0 Å². The highest BCUT2D eigenvalue weighted by Crippen LogP contribution is 2.26. The van der Waals surface area contributed by atoms with E-state index in [9.17, 15) is 13.2 Å². The van der Waals surface area contributed by atoms with Crippen LogP contribution in [0.1, 0.15) is 18.9 Å². The molecule has 0 amide bonds. The standard InChI is InChI=1S/C10H7F3N2O2/c1-4(16)9-14-10(17-15-9)8-6(12)2-5(11)3-7(8)13/h2-4,16H,1H3. The lowest BCUT2D eigenvalue weighted by atomic mass is 10.2. The lowest BCUT2D eigenvalue weighted by Gasteiger charge is -1.99. The number of aliphatic hydroxyl groups excluding tert-OH is 1. The third-order valence-corrected chi connectivity index (χ3v) is 2.04. The Hall–Kier alpha value is -1.89. The molecule has 0 aliphatic carbocycles. The second-order valence-electron chi connectivity index (χ2n) is 3.38. The highest BCUT2D eigenvalue weighted by atomic mass is 19.1. The van der Waals surface area contributed by atoms with Gasteiger partial charge in [-0.05, 0) is 6.92 Å².